The summed E-state index contributed by atoms with van der Waals surface area (Å²) in [5.41, 5.74) is 1.45. The molecular formula is C23H27ClN6O3. The molecule has 1 aliphatic rings. The van der Waals surface area contributed by atoms with Gasteiger partial charge < -0.3 is 14.4 Å². The van der Waals surface area contributed by atoms with Crippen LogP contribution in [0.2, 0.25) is 5.02 Å². The highest BCUT2D eigenvalue weighted by Crippen LogP contribution is 2.29. The van der Waals surface area contributed by atoms with Crippen LogP contribution in [0.15, 0.2) is 42.5 Å². The molecule has 1 aromatic heterocycles. The largest absolute Gasteiger partial charge is 0.490 e. The minimum absolute atomic E-state index is 0.00958. The molecular weight excluding hydrogens is 444 g/mol. The number of nitrogens with zero attached hydrogens (tertiary/aromatic N) is 6. The van der Waals surface area contributed by atoms with E-state index in [2.05, 4.69) is 20.4 Å². The summed E-state index contributed by atoms with van der Waals surface area (Å²) in [4.78, 5) is 17.2. The highest BCUT2D eigenvalue weighted by Gasteiger charge is 2.24. The predicted molar refractivity (Wildman–Crippen MR) is 124 cm³/mol. The number of halogens is 1. The van der Waals surface area contributed by atoms with E-state index in [1.807, 2.05) is 43.0 Å². The van der Waals surface area contributed by atoms with Crippen molar-refractivity contribution in [2.75, 3.05) is 39.4 Å². The Morgan fingerprint density at radius 1 is 0.970 bits per heavy atom. The van der Waals surface area contributed by atoms with Gasteiger partial charge in [0, 0.05) is 36.8 Å². The summed E-state index contributed by atoms with van der Waals surface area (Å²) in [6.45, 7) is 8.17. The molecule has 1 fully saturated rings. The number of hydrogen-bond donors (Lipinski definition) is 0. The van der Waals surface area contributed by atoms with Crippen LogP contribution in [0.4, 0.5) is 0 Å². The highest BCUT2D eigenvalue weighted by molar-refractivity contribution is 6.30. The van der Waals surface area contributed by atoms with Crippen LogP contribution in [-0.2, 0) is 6.54 Å². The van der Waals surface area contributed by atoms with Gasteiger partial charge in [0.1, 0.15) is 0 Å². The quantitative estimate of drug-likeness (QED) is 0.500. The van der Waals surface area contributed by atoms with E-state index in [0.29, 0.717) is 54.9 Å². The fraction of sp³-hybridized carbons (Fsp3) is 0.391. The van der Waals surface area contributed by atoms with E-state index < -0.39 is 0 Å². The zero-order valence-electron chi connectivity index (χ0n) is 18.8. The van der Waals surface area contributed by atoms with E-state index in [-0.39, 0.29) is 5.91 Å². The molecule has 0 N–H and O–H groups in total. The first-order chi connectivity index (χ1) is 16.1. The van der Waals surface area contributed by atoms with Crippen molar-refractivity contribution in [1.29, 1.82) is 0 Å². The SMILES string of the molecule is CCOc1ccc(C(=O)N2CCN(Cc3nnnn3-c3ccc(Cl)cc3)CC2)cc1OCC. The number of hydrogen-bond acceptors (Lipinski definition) is 7. The number of benzene rings is 2. The van der Waals surface area contributed by atoms with Crippen molar-refractivity contribution < 1.29 is 14.3 Å². The monoisotopic (exact) mass is 470 g/mol. The second kappa shape index (κ2) is 10.6. The number of tetrazole rings is 1. The number of piperazine rings is 1. The molecule has 0 spiro atoms. The van der Waals surface area contributed by atoms with E-state index in [4.69, 9.17) is 21.1 Å². The molecule has 4 rings (SSSR count). The summed E-state index contributed by atoms with van der Waals surface area (Å²) in [5, 5.41) is 12.8. The number of amides is 1. The average molecular weight is 471 g/mol. The predicted octanol–water partition coefficient (Wildman–Crippen LogP) is 3.07. The van der Waals surface area contributed by atoms with Gasteiger partial charge >= 0.3 is 0 Å². The van der Waals surface area contributed by atoms with E-state index >= 15 is 0 Å². The number of aromatic nitrogens is 4. The Morgan fingerprint density at radius 3 is 2.36 bits per heavy atom. The summed E-state index contributed by atoms with van der Waals surface area (Å²) >= 11 is 5.98. The summed E-state index contributed by atoms with van der Waals surface area (Å²) in [6.07, 6.45) is 0. The number of ether oxygens (including phenoxy) is 2. The molecule has 33 heavy (non-hydrogen) atoms. The number of carbonyl (C=O) groups is 1. The van der Waals surface area contributed by atoms with Gasteiger partial charge in [-0.15, -0.1) is 5.10 Å². The van der Waals surface area contributed by atoms with Crippen molar-refractivity contribution in [2.45, 2.75) is 20.4 Å². The topological polar surface area (TPSA) is 85.6 Å². The van der Waals surface area contributed by atoms with Crippen LogP contribution in [0.1, 0.15) is 30.0 Å². The Morgan fingerprint density at radius 2 is 1.67 bits per heavy atom. The molecule has 0 bridgehead atoms. The molecule has 174 valence electrons. The molecule has 10 heteroatoms. The molecule has 0 radical (unpaired) electrons. The first-order valence-corrected chi connectivity index (χ1v) is 11.4. The van der Waals surface area contributed by atoms with Gasteiger partial charge in [0.2, 0.25) is 0 Å². The molecule has 0 unspecified atom stereocenters. The van der Waals surface area contributed by atoms with Gasteiger partial charge in [0.05, 0.1) is 25.4 Å². The highest BCUT2D eigenvalue weighted by atomic mass is 35.5. The third-order valence-corrected chi connectivity index (χ3v) is 5.67. The zero-order valence-corrected chi connectivity index (χ0v) is 19.5. The number of rotatable bonds is 8. The molecule has 1 saturated heterocycles. The Bertz CT molecular complexity index is 1080. The van der Waals surface area contributed by atoms with Crippen LogP contribution in [-0.4, -0.2) is 75.3 Å². The van der Waals surface area contributed by atoms with Crippen molar-refractivity contribution in [1.82, 2.24) is 30.0 Å². The maximum Gasteiger partial charge on any atom is 0.254 e. The molecule has 0 atom stereocenters. The van der Waals surface area contributed by atoms with Gasteiger partial charge in [0.15, 0.2) is 17.3 Å². The van der Waals surface area contributed by atoms with Gasteiger partial charge in [-0.05, 0) is 66.7 Å². The lowest BCUT2D eigenvalue weighted by molar-refractivity contribution is 0.0624. The Labute approximate surface area is 197 Å². The Balaban J connectivity index is 1.38. The van der Waals surface area contributed by atoms with Crippen LogP contribution >= 0.6 is 11.6 Å². The van der Waals surface area contributed by atoms with Crippen molar-refractivity contribution in [3.05, 3.63) is 58.9 Å². The molecule has 2 aromatic carbocycles. The smallest absolute Gasteiger partial charge is 0.254 e. The standard InChI is InChI=1S/C23H27ClN6O3/c1-3-32-20-10-5-17(15-21(20)33-4-2)23(31)29-13-11-28(12-14-29)16-22-25-26-27-30(22)19-8-6-18(24)7-9-19/h5-10,15H,3-4,11-14,16H2,1-2H3. The lowest BCUT2D eigenvalue weighted by atomic mass is 10.1. The maximum absolute atomic E-state index is 13.1. The van der Waals surface area contributed by atoms with E-state index in [1.165, 1.54) is 0 Å². The number of carbonyl (C=O) groups excluding carboxylic acids is 1. The second-order valence-electron chi connectivity index (χ2n) is 7.58. The van der Waals surface area contributed by atoms with Crippen molar-refractivity contribution in [3.63, 3.8) is 0 Å². The van der Waals surface area contributed by atoms with Gasteiger partial charge in [0.25, 0.3) is 5.91 Å². The molecule has 3 aromatic rings. The first-order valence-electron chi connectivity index (χ1n) is 11.0. The van der Waals surface area contributed by atoms with Gasteiger partial charge in [-0.25, -0.2) is 0 Å². The molecule has 2 heterocycles. The van der Waals surface area contributed by atoms with Gasteiger partial charge in [-0.3, -0.25) is 9.69 Å². The van der Waals surface area contributed by atoms with Gasteiger partial charge in [-0.2, -0.15) is 4.68 Å². The summed E-state index contributed by atoms with van der Waals surface area (Å²) in [5.74, 6) is 1.98. The van der Waals surface area contributed by atoms with Crippen molar-refractivity contribution >= 4 is 17.5 Å². The third kappa shape index (κ3) is 5.43. The summed E-state index contributed by atoms with van der Waals surface area (Å²) in [6, 6.07) is 12.7. The molecule has 9 nitrogen and oxygen atoms in total. The lowest BCUT2D eigenvalue weighted by Crippen LogP contribution is -2.48. The van der Waals surface area contributed by atoms with E-state index in [1.54, 1.807) is 22.9 Å². The minimum Gasteiger partial charge on any atom is -0.490 e. The average Bonchev–Trinajstić information content (AvgIpc) is 3.29. The zero-order chi connectivity index (χ0) is 23.2. The minimum atomic E-state index is -0.00958. The first kappa shape index (κ1) is 23.0. The third-order valence-electron chi connectivity index (χ3n) is 5.42. The fourth-order valence-corrected chi connectivity index (χ4v) is 3.89. The molecule has 0 saturated carbocycles. The van der Waals surface area contributed by atoms with Crippen LogP contribution in [0.3, 0.4) is 0 Å². The second-order valence-corrected chi connectivity index (χ2v) is 8.02. The van der Waals surface area contributed by atoms with Crippen LogP contribution < -0.4 is 9.47 Å². The summed E-state index contributed by atoms with van der Waals surface area (Å²) in [7, 11) is 0. The molecule has 1 amide bonds. The fourth-order valence-electron chi connectivity index (χ4n) is 3.76. The van der Waals surface area contributed by atoms with Gasteiger partial charge in [-0.1, -0.05) is 11.6 Å². The Hall–Kier alpha value is -3.17. The maximum atomic E-state index is 13.1. The van der Waals surface area contributed by atoms with E-state index in [9.17, 15) is 4.79 Å². The van der Waals surface area contributed by atoms with Crippen LogP contribution in [0.5, 0.6) is 11.5 Å². The van der Waals surface area contributed by atoms with E-state index in [0.717, 1.165) is 24.6 Å². The van der Waals surface area contributed by atoms with Crippen molar-refractivity contribution in [3.8, 4) is 17.2 Å². The molecule has 0 aliphatic carbocycles. The van der Waals surface area contributed by atoms with Crippen LogP contribution in [0.25, 0.3) is 5.69 Å². The van der Waals surface area contributed by atoms with Crippen molar-refractivity contribution in [2.24, 2.45) is 0 Å². The van der Waals surface area contributed by atoms with Crippen LogP contribution in [0, 0.1) is 0 Å². The Kier molecular flexibility index (Phi) is 7.41. The summed E-state index contributed by atoms with van der Waals surface area (Å²) < 4.78 is 13.0. The normalized spacial score (nSPS) is 14.3. The molecule has 1 aliphatic heterocycles. The lowest BCUT2D eigenvalue weighted by Gasteiger charge is -2.34.